The van der Waals surface area contributed by atoms with Crippen LogP contribution < -0.4 is 10.6 Å². The zero-order chi connectivity index (χ0) is 16.5. The second-order valence-electron chi connectivity index (χ2n) is 4.69. The average Bonchev–Trinajstić information content (AvgIpc) is 2.59. The minimum Gasteiger partial charge on any atom is -0.385 e. The fourth-order valence-electron chi connectivity index (χ4n) is 1.85. The Bertz CT molecular complexity index is 712. The number of aromatic nitrogens is 2. The van der Waals surface area contributed by atoms with Crippen molar-refractivity contribution in [3.8, 4) is 6.07 Å². The summed E-state index contributed by atoms with van der Waals surface area (Å²) in [7, 11) is 1.64. The van der Waals surface area contributed by atoms with Crippen LogP contribution in [-0.2, 0) is 4.74 Å². The highest BCUT2D eigenvalue weighted by Gasteiger charge is 2.09. The lowest BCUT2D eigenvalue weighted by Crippen LogP contribution is -2.16. The first-order valence-electron chi connectivity index (χ1n) is 7.10. The van der Waals surface area contributed by atoms with Crippen LogP contribution in [0.25, 0.3) is 0 Å². The molecule has 0 bridgehead atoms. The number of hydrogen-bond acceptors (Lipinski definition) is 6. The maximum Gasteiger partial charge on any atom is 0.274 e. The number of amides is 1. The Morgan fingerprint density at radius 1 is 1.39 bits per heavy atom. The smallest absolute Gasteiger partial charge is 0.274 e. The normalized spacial score (nSPS) is 9.91. The van der Waals surface area contributed by atoms with Crippen molar-refractivity contribution in [2.24, 2.45) is 0 Å². The van der Waals surface area contributed by atoms with Gasteiger partial charge >= 0.3 is 0 Å². The van der Waals surface area contributed by atoms with E-state index in [0.717, 1.165) is 6.42 Å². The van der Waals surface area contributed by atoms with Gasteiger partial charge in [-0.1, -0.05) is 6.07 Å². The number of carbonyl (C=O) groups is 1. The van der Waals surface area contributed by atoms with Crippen molar-refractivity contribution in [3.05, 3.63) is 47.8 Å². The van der Waals surface area contributed by atoms with Crippen molar-refractivity contribution in [1.29, 1.82) is 5.26 Å². The average molecular weight is 311 g/mol. The van der Waals surface area contributed by atoms with E-state index in [1.54, 1.807) is 31.4 Å². The Kier molecular flexibility index (Phi) is 6.03. The quantitative estimate of drug-likeness (QED) is 0.759. The first-order valence-corrected chi connectivity index (χ1v) is 7.10. The van der Waals surface area contributed by atoms with Gasteiger partial charge in [0, 0.05) is 32.1 Å². The van der Waals surface area contributed by atoms with Gasteiger partial charge in [0.25, 0.3) is 5.91 Å². The van der Waals surface area contributed by atoms with Crippen molar-refractivity contribution >= 4 is 17.5 Å². The Hall–Kier alpha value is -2.98. The summed E-state index contributed by atoms with van der Waals surface area (Å²) in [4.78, 5) is 20.4. The first kappa shape index (κ1) is 16.4. The molecular weight excluding hydrogens is 294 g/mol. The molecule has 1 heterocycles. The monoisotopic (exact) mass is 311 g/mol. The number of methoxy groups -OCH3 is 1. The molecule has 0 aliphatic heterocycles. The summed E-state index contributed by atoms with van der Waals surface area (Å²) in [6.45, 7) is 1.30. The number of benzene rings is 1. The minimum absolute atomic E-state index is 0.247. The molecule has 0 spiro atoms. The van der Waals surface area contributed by atoms with Crippen LogP contribution in [0.2, 0.25) is 0 Å². The molecule has 0 aliphatic rings. The number of nitrogens with one attached hydrogen (secondary N) is 2. The number of anilines is 2. The van der Waals surface area contributed by atoms with Gasteiger partial charge in [0.1, 0.15) is 5.69 Å². The van der Waals surface area contributed by atoms with E-state index in [4.69, 9.17) is 10.00 Å². The van der Waals surface area contributed by atoms with Crippen LogP contribution >= 0.6 is 0 Å². The van der Waals surface area contributed by atoms with Crippen LogP contribution in [0.15, 0.2) is 36.5 Å². The molecule has 0 atom stereocenters. The molecule has 23 heavy (non-hydrogen) atoms. The number of rotatable bonds is 7. The van der Waals surface area contributed by atoms with E-state index >= 15 is 0 Å². The summed E-state index contributed by atoms with van der Waals surface area (Å²) >= 11 is 0. The second-order valence-corrected chi connectivity index (χ2v) is 4.69. The second kappa shape index (κ2) is 8.46. The third kappa shape index (κ3) is 5.05. The van der Waals surface area contributed by atoms with Gasteiger partial charge in [-0.3, -0.25) is 4.79 Å². The third-order valence-electron chi connectivity index (χ3n) is 2.95. The molecule has 0 saturated heterocycles. The number of nitriles is 1. The van der Waals surface area contributed by atoms with Crippen LogP contribution in [0.3, 0.4) is 0 Å². The van der Waals surface area contributed by atoms with Gasteiger partial charge in [-0.2, -0.15) is 5.26 Å². The van der Waals surface area contributed by atoms with Crippen molar-refractivity contribution in [3.63, 3.8) is 0 Å². The van der Waals surface area contributed by atoms with Crippen LogP contribution in [-0.4, -0.2) is 36.1 Å². The molecule has 7 heteroatoms. The predicted molar refractivity (Wildman–Crippen MR) is 86.1 cm³/mol. The van der Waals surface area contributed by atoms with Crippen molar-refractivity contribution in [1.82, 2.24) is 9.97 Å². The van der Waals surface area contributed by atoms with Crippen LogP contribution in [0, 0.1) is 11.3 Å². The largest absolute Gasteiger partial charge is 0.385 e. The highest BCUT2D eigenvalue weighted by Crippen LogP contribution is 2.11. The highest BCUT2D eigenvalue weighted by molar-refractivity contribution is 6.03. The summed E-state index contributed by atoms with van der Waals surface area (Å²) < 4.78 is 4.96. The molecule has 0 fully saturated rings. The van der Waals surface area contributed by atoms with E-state index < -0.39 is 0 Å². The van der Waals surface area contributed by atoms with E-state index in [2.05, 4.69) is 20.6 Å². The SMILES string of the molecule is COCCCNc1nccc(C(=O)Nc2cccc(C#N)c2)n1. The van der Waals surface area contributed by atoms with E-state index in [9.17, 15) is 4.79 Å². The van der Waals surface area contributed by atoms with Gasteiger partial charge in [0.05, 0.1) is 11.6 Å². The molecule has 2 aromatic rings. The topological polar surface area (TPSA) is 99.9 Å². The maximum absolute atomic E-state index is 12.2. The van der Waals surface area contributed by atoms with Crippen LogP contribution in [0.4, 0.5) is 11.6 Å². The van der Waals surface area contributed by atoms with Crippen LogP contribution in [0.5, 0.6) is 0 Å². The van der Waals surface area contributed by atoms with Gasteiger partial charge in [-0.15, -0.1) is 0 Å². The molecule has 0 aliphatic carbocycles. The molecule has 0 saturated carbocycles. The minimum atomic E-state index is -0.359. The van der Waals surface area contributed by atoms with E-state index in [1.807, 2.05) is 6.07 Å². The van der Waals surface area contributed by atoms with Crippen molar-refractivity contribution in [2.45, 2.75) is 6.42 Å². The standard InChI is InChI=1S/C16H17N5O2/c1-23-9-3-7-18-16-19-8-6-14(21-16)15(22)20-13-5-2-4-12(10-13)11-17/h2,4-6,8,10H,3,7,9H2,1H3,(H,20,22)(H,18,19,21). The van der Waals surface area contributed by atoms with Gasteiger partial charge in [-0.05, 0) is 30.7 Å². The summed E-state index contributed by atoms with van der Waals surface area (Å²) in [5.74, 6) is 0.0296. The van der Waals surface area contributed by atoms with Gasteiger partial charge in [0.2, 0.25) is 5.95 Å². The highest BCUT2D eigenvalue weighted by atomic mass is 16.5. The molecule has 118 valence electrons. The number of hydrogen-bond donors (Lipinski definition) is 2. The molecule has 2 rings (SSSR count). The molecule has 1 aromatic carbocycles. The molecule has 2 N–H and O–H groups in total. The number of nitrogens with zero attached hydrogens (tertiary/aromatic N) is 3. The van der Waals surface area contributed by atoms with E-state index in [0.29, 0.717) is 30.4 Å². The summed E-state index contributed by atoms with van der Waals surface area (Å²) in [6, 6.07) is 10.2. The summed E-state index contributed by atoms with van der Waals surface area (Å²) in [6.07, 6.45) is 2.34. The first-order chi connectivity index (χ1) is 11.2. The van der Waals surface area contributed by atoms with Crippen molar-refractivity contribution < 1.29 is 9.53 Å². The zero-order valence-electron chi connectivity index (χ0n) is 12.7. The van der Waals surface area contributed by atoms with Gasteiger partial charge in [0.15, 0.2) is 0 Å². The number of ether oxygens (including phenoxy) is 1. The van der Waals surface area contributed by atoms with E-state index in [1.165, 1.54) is 12.3 Å². The molecule has 0 radical (unpaired) electrons. The lowest BCUT2D eigenvalue weighted by Gasteiger charge is -2.07. The Morgan fingerprint density at radius 3 is 3.04 bits per heavy atom. The van der Waals surface area contributed by atoms with Crippen molar-refractivity contribution in [2.75, 3.05) is 30.9 Å². The third-order valence-corrected chi connectivity index (χ3v) is 2.95. The Morgan fingerprint density at radius 2 is 2.26 bits per heavy atom. The Balaban J connectivity index is 2.00. The fourth-order valence-corrected chi connectivity index (χ4v) is 1.85. The predicted octanol–water partition coefficient (Wildman–Crippen LogP) is 2.05. The maximum atomic E-state index is 12.2. The summed E-state index contributed by atoms with van der Waals surface area (Å²) in [5, 5.41) is 14.6. The van der Waals surface area contributed by atoms with Gasteiger partial charge in [-0.25, -0.2) is 9.97 Å². The lowest BCUT2D eigenvalue weighted by atomic mass is 10.2. The lowest BCUT2D eigenvalue weighted by molar-refractivity contribution is 0.102. The molecule has 0 unspecified atom stereocenters. The molecule has 1 amide bonds. The number of carbonyl (C=O) groups excluding carboxylic acids is 1. The fraction of sp³-hybridized carbons (Fsp3) is 0.250. The van der Waals surface area contributed by atoms with E-state index in [-0.39, 0.29) is 11.6 Å². The molecular formula is C16H17N5O2. The zero-order valence-corrected chi connectivity index (χ0v) is 12.7. The Labute approximate surface area is 134 Å². The molecule has 1 aromatic heterocycles. The van der Waals surface area contributed by atoms with Gasteiger partial charge < -0.3 is 15.4 Å². The van der Waals surface area contributed by atoms with Crippen LogP contribution in [0.1, 0.15) is 22.5 Å². The summed E-state index contributed by atoms with van der Waals surface area (Å²) in [5.41, 5.74) is 1.27. The molecule has 7 nitrogen and oxygen atoms in total.